The van der Waals surface area contributed by atoms with Gasteiger partial charge in [-0.15, -0.1) is 11.3 Å². The maximum absolute atomic E-state index is 13.3. The van der Waals surface area contributed by atoms with Gasteiger partial charge in [-0.1, -0.05) is 0 Å². The maximum atomic E-state index is 13.3. The van der Waals surface area contributed by atoms with Gasteiger partial charge in [0.05, 0.1) is 19.3 Å². The van der Waals surface area contributed by atoms with Crippen LogP contribution in [0.15, 0.2) is 36.8 Å². The molecule has 8 nitrogen and oxygen atoms in total. The summed E-state index contributed by atoms with van der Waals surface area (Å²) in [5.74, 6) is -0.621. The first kappa shape index (κ1) is 26.5. The summed E-state index contributed by atoms with van der Waals surface area (Å²) in [6.45, 7) is 6.60. The Morgan fingerprint density at radius 1 is 1.13 bits per heavy atom. The highest BCUT2D eigenvalue weighted by atomic mass is 32.1. The van der Waals surface area contributed by atoms with Crippen molar-refractivity contribution in [1.29, 1.82) is 0 Å². The average molecular weight is 548 g/mol. The van der Waals surface area contributed by atoms with Crippen LogP contribution < -0.4 is 10.1 Å². The van der Waals surface area contributed by atoms with Crippen LogP contribution in [0.4, 0.5) is 13.2 Å². The second-order valence-corrected chi connectivity index (χ2v) is 11.2. The topological polar surface area (TPSA) is 89.5 Å². The van der Waals surface area contributed by atoms with Crippen LogP contribution in [0, 0.1) is 18.8 Å². The number of benzene rings is 1. The van der Waals surface area contributed by atoms with Crippen LogP contribution in [-0.4, -0.2) is 65.2 Å². The van der Waals surface area contributed by atoms with E-state index in [4.69, 9.17) is 9.47 Å². The lowest BCUT2D eigenvalue weighted by Crippen LogP contribution is -2.56. The van der Waals surface area contributed by atoms with E-state index >= 15 is 0 Å². The van der Waals surface area contributed by atoms with Crippen molar-refractivity contribution in [3.8, 4) is 16.3 Å². The molecule has 2 aliphatic rings. The third-order valence-corrected chi connectivity index (χ3v) is 7.73. The third kappa shape index (κ3) is 5.82. The van der Waals surface area contributed by atoms with Gasteiger partial charge in [0.15, 0.2) is 0 Å². The number of alkyl halides is 3. The molecule has 2 saturated heterocycles. The molecule has 3 atom stereocenters. The van der Waals surface area contributed by atoms with Crippen LogP contribution in [0.1, 0.15) is 39.6 Å². The molecule has 1 amide bonds. The van der Waals surface area contributed by atoms with Crippen molar-refractivity contribution in [3.05, 3.63) is 58.6 Å². The Morgan fingerprint density at radius 3 is 2.42 bits per heavy atom. The summed E-state index contributed by atoms with van der Waals surface area (Å²) in [4.78, 5) is 27.9. The second-order valence-electron chi connectivity index (χ2n) is 9.92. The minimum Gasteiger partial charge on any atom is -0.490 e. The van der Waals surface area contributed by atoms with Crippen LogP contribution in [0.3, 0.4) is 0 Å². The van der Waals surface area contributed by atoms with Gasteiger partial charge in [0, 0.05) is 65.1 Å². The van der Waals surface area contributed by atoms with Crippen LogP contribution in [0.5, 0.6) is 5.75 Å². The lowest BCUT2D eigenvalue weighted by molar-refractivity contribution is -0.145. The Labute approximate surface area is 222 Å². The second kappa shape index (κ2) is 10.6. The number of ether oxygens (including phenoxy) is 2. The first-order valence-electron chi connectivity index (χ1n) is 12.3. The number of carbonyl (C=O) groups is 1. The summed E-state index contributed by atoms with van der Waals surface area (Å²) in [5.41, 5.74) is 1.47. The van der Waals surface area contributed by atoms with Crippen molar-refractivity contribution >= 4 is 17.2 Å². The van der Waals surface area contributed by atoms with Gasteiger partial charge in [-0.25, -0.2) is 15.0 Å². The fourth-order valence-corrected chi connectivity index (χ4v) is 5.72. The monoisotopic (exact) mass is 547 g/mol. The van der Waals surface area contributed by atoms with E-state index in [1.54, 1.807) is 25.3 Å². The molecule has 0 radical (unpaired) electrons. The van der Waals surface area contributed by atoms with Crippen molar-refractivity contribution in [3.63, 3.8) is 0 Å². The van der Waals surface area contributed by atoms with Crippen molar-refractivity contribution < 1.29 is 27.4 Å². The number of nitrogens with zero attached hydrogens (tertiary/aromatic N) is 4. The number of halogens is 3. The Hall–Kier alpha value is -3.09. The van der Waals surface area contributed by atoms with Gasteiger partial charge < -0.3 is 19.7 Å². The summed E-state index contributed by atoms with van der Waals surface area (Å²) in [6.07, 6.45) is -0.740. The molecule has 5 rings (SSSR count). The van der Waals surface area contributed by atoms with E-state index in [0.717, 1.165) is 40.9 Å². The molecule has 0 aliphatic carbocycles. The van der Waals surface area contributed by atoms with Gasteiger partial charge in [0.25, 0.3) is 5.91 Å². The Bertz CT molecular complexity index is 1290. The molecule has 38 heavy (non-hydrogen) atoms. The molecule has 3 unspecified atom stereocenters. The molecule has 2 bridgehead atoms. The molecular formula is C26H28F3N5O3S. The predicted molar refractivity (Wildman–Crippen MR) is 135 cm³/mol. The molecule has 4 heterocycles. The van der Waals surface area contributed by atoms with E-state index in [2.05, 4.69) is 32.2 Å². The number of likely N-dealkylation sites (tertiary alicyclic amines) is 1. The number of nitrogens with one attached hydrogen (secondary N) is 1. The number of rotatable bonds is 6. The zero-order valence-electron chi connectivity index (χ0n) is 21.2. The highest BCUT2D eigenvalue weighted by molar-refractivity contribution is 7.14. The standard InChI is InChI=1S/C26H28F3N5O3S/c1-14-7-30-24(38-14)17-4-16(23(35)33-15(2)18-8-31-25(32-9-18)26(27,28)29)5-21(6-17)37-22-19-10-34(3)11-20(22)13-36-12-19/h4-9,15,19-20,22H,10-13H2,1-3H3,(H,33,35). The van der Waals surface area contributed by atoms with E-state index in [-0.39, 0.29) is 17.9 Å². The van der Waals surface area contributed by atoms with Crippen LogP contribution in [0.25, 0.3) is 10.6 Å². The average Bonchev–Trinajstić information content (AvgIpc) is 3.30. The molecule has 2 fully saturated rings. The van der Waals surface area contributed by atoms with Gasteiger partial charge in [-0.05, 0) is 39.1 Å². The van der Waals surface area contributed by atoms with Gasteiger partial charge in [0.2, 0.25) is 5.82 Å². The fourth-order valence-electron chi connectivity index (χ4n) is 4.96. The van der Waals surface area contributed by atoms with Gasteiger partial charge >= 0.3 is 6.18 Å². The molecule has 0 spiro atoms. The number of carbonyl (C=O) groups excluding carboxylic acids is 1. The fraction of sp³-hybridized carbons (Fsp3) is 0.462. The lowest BCUT2D eigenvalue weighted by Gasteiger charge is -2.45. The van der Waals surface area contributed by atoms with Crippen LogP contribution >= 0.6 is 11.3 Å². The van der Waals surface area contributed by atoms with E-state index in [9.17, 15) is 18.0 Å². The zero-order chi connectivity index (χ0) is 27.0. The highest BCUT2D eigenvalue weighted by Crippen LogP contribution is 2.34. The van der Waals surface area contributed by atoms with Crippen molar-refractivity contribution in [2.24, 2.45) is 11.8 Å². The molecule has 3 aromatic rings. The summed E-state index contributed by atoms with van der Waals surface area (Å²) in [7, 11) is 2.10. The molecule has 2 aliphatic heterocycles. The SMILES string of the molecule is Cc1cnc(-c2cc(OC3C4COCC3CN(C)C4)cc(C(=O)NC(C)c3cnc(C(F)(F)F)nc3)c2)s1. The van der Waals surface area contributed by atoms with E-state index in [1.807, 2.05) is 13.0 Å². The first-order chi connectivity index (χ1) is 18.1. The van der Waals surface area contributed by atoms with Gasteiger partial charge in [-0.2, -0.15) is 13.2 Å². The van der Waals surface area contributed by atoms with E-state index < -0.39 is 23.9 Å². The first-order valence-corrected chi connectivity index (χ1v) is 13.1. The number of hydrogen-bond acceptors (Lipinski definition) is 8. The predicted octanol–water partition coefficient (Wildman–Crippen LogP) is 4.37. The van der Waals surface area contributed by atoms with Crippen LogP contribution in [0.2, 0.25) is 0 Å². The number of fused-ring (bicyclic) bond motifs is 2. The Kier molecular flexibility index (Phi) is 7.38. The summed E-state index contributed by atoms with van der Waals surface area (Å²) in [5, 5.41) is 3.59. The molecule has 1 aromatic carbocycles. The van der Waals surface area contributed by atoms with Gasteiger partial charge in [-0.3, -0.25) is 4.79 Å². The molecular weight excluding hydrogens is 519 g/mol. The number of aromatic nitrogens is 3. The van der Waals surface area contributed by atoms with Crippen LogP contribution in [-0.2, 0) is 10.9 Å². The largest absolute Gasteiger partial charge is 0.490 e. The van der Waals surface area contributed by atoms with Crippen molar-refractivity contribution in [2.45, 2.75) is 32.2 Å². The number of aryl methyl sites for hydroxylation is 1. The molecule has 202 valence electrons. The highest BCUT2D eigenvalue weighted by Gasteiger charge is 2.41. The number of thiazole rings is 1. The van der Waals surface area contributed by atoms with E-state index in [0.29, 0.717) is 30.1 Å². The van der Waals surface area contributed by atoms with Crippen molar-refractivity contribution in [1.82, 2.24) is 25.2 Å². The minimum atomic E-state index is -4.63. The third-order valence-electron chi connectivity index (χ3n) is 6.77. The summed E-state index contributed by atoms with van der Waals surface area (Å²) in [6, 6.07) is 4.72. The summed E-state index contributed by atoms with van der Waals surface area (Å²) < 4.78 is 50.7. The number of amides is 1. The molecule has 2 aromatic heterocycles. The van der Waals surface area contributed by atoms with Gasteiger partial charge in [0.1, 0.15) is 16.9 Å². The molecule has 0 saturated carbocycles. The minimum absolute atomic E-state index is 0.0349. The molecule has 1 N–H and O–H groups in total. The Balaban J connectivity index is 1.39. The molecule has 12 heteroatoms. The Morgan fingerprint density at radius 2 is 1.82 bits per heavy atom. The normalized spacial score (nSPS) is 22.6. The quantitative estimate of drug-likeness (QED) is 0.490. The number of piperidine rings is 1. The summed E-state index contributed by atoms with van der Waals surface area (Å²) >= 11 is 1.51. The van der Waals surface area contributed by atoms with Crippen molar-refractivity contribution in [2.75, 3.05) is 33.4 Å². The zero-order valence-corrected chi connectivity index (χ0v) is 22.0. The lowest BCUT2D eigenvalue weighted by atomic mass is 9.85. The number of hydrogen-bond donors (Lipinski definition) is 1. The maximum Gasteiger partial charge on any atom is 0.451 e. The smallest absolute Gasteiger partial charge is 0.451 e. The van der Waals surface area contributed by atoms with E-state index in [1.165, 1.54) is 11.3 Å².